The van der Waals surface area contributed by atoms with Crippen molar-refractivity contribution in [3.05, 3.63) is 29.3 Å². The first-order valence-corrected chi connectivity index (χ1v) is 6.10. The van der Waals surface area contributed by atoms with Crippen molar-refractivity contribution in [1.82, 2.24) is 0 Å². The number of benzene rings is 1. The van der Waals surface area contributed by atoms with Crippen molar-refractivity contribution >= 4 is 5.69 Å². The predicted octanol–water partition coefficient (Wildman–Crippen LogP) is 2.62. The Morgan fingerprint density at radius 2 is 1.75 bits per heavy atom. The van der Waals surface area contributed by atoms with Crippen LogP contribution in [-0.4, -0.2) is 19.1 Å². The topological polar surface area (TPSA) is 29.3 Å². The maximum Gasteiger partial charge on any atom is 0.0521 e. The molecule has 0 unspecified atom stereocenters. The van der Waals surface area contributed by atoms with E-state index in [0.717, 1.165) is 6.54 Å². The first kappa shape index (κ1) is 11.5. The van der Waals surface area contributed by atoms with E-state index in [0.29, 0.717) is 0 Å². The van der Waals surface area contributed by atoms with Crippen molar-refractivity contribution < 1.29 is 0 Å². The van der Waals surface area contributed by atoms with Gasteiger partial charge < -0.3 is 10.6 Å². The third-order valence-electron chi connectivity index (χ3n) is 3.97. The van der Waals surface area contributed by atoms with Gasteiger partial charge in [0.1, 0.15) is 0 Å². The van der Waals surface area contributed by atoms with Crippen LogP contribution in [0.1, 0.15) is 30.4 Å². The van der Waals surface area contributed by atoms with Crippen LogP contribution in [0.2, 0.25) is 0 Å². The zero-order chi connectivity index (χ0) is 11.8. The summed E-state index contributed by atoms with van der Waals surface area (Å²) in [5, 5.41) is 0. The summed E-state index contributed by atoms with van der Waals surface area (Å²) in [6.07, 6.45) is 3.77. The summed E-state index contributed by atoms with van der Waals surface area (Å²) < 4.78 is 0. The number of anilines is 1. The maximum atomic E-state index is 5.94. The molecule has 1 aliphatic carbocycles. The lowest BCUT2D eigenvalue weighted by atomic mass is 9.75. The molecule has 0 atom stereocenters. The van der Waals surface area contributed by atoms with E-state index in [1.807, 2.05) is 0 Å². The normalized spacial score (nSPS) is 18.0. The SMILES string of the molecule is Cc1cc(C)cc(N(C)C2(CN)CCC2)c1. The number of likely N-dealkylation sites (N-methyl/N-ethyl adjacent to an activating group) is 1. The molecule has 2 N–H and O–H groups in total. The minimum atomic E-state index is 0.222. The van der Waals surface area contributed by atoms with Crippen molar-refractivity contribution in [2.75, 3.05) is 18.5 Å². The van der Waals surface area contributed by atoms with Crippen LogP contribution < -0.4 is 10.6 Å². The van der Waals surface area contributed by atoms with E-state index in [1.54, 1.807) is 0 Å². The molecule has 0 aliphatic heterocycles. The van der Waals surface area contributed by atoms with Gasteiger partial charge in [-0.05, 0) is 56.4 Å². The Morgan fingerprint density at radius 3 is 2.12 bits per heavy atom. The van der Waals surface area contributed by atoms with Crippen molar-refractivity contribution in [3.8, 4) is 0 Å². The van der Waals surface area contributed by atoms with Crippen LogP contribution in [0.15, 0.2) is 18.2 Å². The first-order chi connectivity index (χ1) is 7.57. The molecule has 2 heteroatoms. The Kier molecular flexibility index (Phi) is 2.94. The lowest BCUT2D eigenvalue weighted by Gasteiger charge is -2.49. The molecule has 0 amide bonds. The molecule has 2 nitrogen and oxygen atoms in total. The molecule has 1 aromatic rings. The quantitative estimate of drug-likeness (QED) is 0.845. The Labute approximate surface area is 98.4 Å². The molecule has 0 heterocycles. The molecule has 1 saturated carbocycles. The van der Waals surface area contributed by atoms with E-state index in [1.165, 1.54) is 36.1 Å². The summed E-state index contributed by atoms with van der Waals surface area (Å²) in [5.74, 6) is 0. The molecule has 1 aliphatic rings. The Hall–Kier alpha value is -1.02. The molecule has 0 bridgehead atoms. The highest BCUT2D eigenvalue weighted by atomic mass is 15.2. The number of nitrogens with two attached hydrogens (primary N) is 1. The smallest absolute Gasteiger partial charge is 0.0521 e. The van der Waals surface area contributed by atoms with Gasteiger partial charge in [0.15, 0.2) is 0 Å². The summed E-state index contributed by atoms with van der Waals surface area (Å²) in [7, 11) is 2.18. The van der Waals surface area contributed by atoms with Gasteiger partial charge in [-0.25, -0.2) is 0 Å². The Balaban J connectivity index is 2.29. The maximum absolute atomic E-state index is 5.94. The van der Waals surface area contributed by atoms with E-state index in [4.69, 9.17) is 5.73 Å². The number of rotatable bonds is 3. The molecule has 0 aromatic heterocycles. The van der Waals surface area contributed by atoms with Crippen LogP contribution in [-0.2, 0) is 0 Å². The van der Waals surface area contributed by atoms with Gasteiger partial charge in [-0.2, -0.15) is 0 Å². The van der Waals surface area contributed by atoms with Crippen LogP contribution >= 0.6 is 0 Å². The zero-order valence-electron chi connectivity index (χ0n) is 10.6. The standard InChI is InChI=1S/C14H22N2/c1-11-7-12(2)9-13(8-11)16(3)14(10-15)5-4-6-14/h7-9H,4-6,10,15H2,1-3H3. The van der Waals surface area contributed by atoms with Crippen molar-refractivity contribution in [2.24, 2.45) is 5.73 Å². The first-order valence-electron chi connectivity index (χ1n) is 6.10. The van der Waals surface area contributed by atoms with Gasteiger partial charge in [-0.1, -0.05) is 6.07 Å². The minimum Gasteiger partial charge on any atom is -0.368 e. The molecule has 0 saturated heterocycles. The third-order valence-corrected chi connectivity index (χ3v) is 3.97. The fourth-order valence-electron chi connectivity index (χ4n) is 2.68. The molecule has 88 valence electrons. The summed E-state index contributed by atoms with van der Waals surface area (Å²) in [6.45, 7) is 5.07. The van der Waals surface area contributed by atoms with Gasteiger partial charge in [-0.3, -0.25) is 0 Å². The van der Waals surface area contributed by atoms with Gasteiger partial charge in [0.25, 0.3) is 0 Å². The second-order valence-corrected chi connectivity index (χ2v) is 5.19. The minimum absolute atomic E-state index is 0.222. The van der Waals surface area contributed by atoms with Gasteiger partial charge in [-0.15, -0.1) is 0 Å². The summed E-state index contributed by atoms with van der Waals surface area (Å²) in [5.41, 5.74) is 10.1. The largest absolute Gasteiger partial charge is 0.368 e. The molecular weight excluding hydrogens is 196 g/mol. The highest BCUT2D eigenvalue weighted by Crippen LogP contribution is 2.38. The van der Waals surface area contributed by atoms with Crippen LogP contribution in [0.25, 0.3) is 0 Å². The van der Waals surface area contributed by atoms with E-state index in [-0.39, 0.29) is 5.54 Å². The van der Waals surface area contributed by atoms with Crippen LogP contribution in [0.4, 0.5) is 5.69 Å². The second kappa shape index (κ2) is 4.10. The lowest BCUT2D eigenvalue weighted by molar-refractivity contribution is 0.246. The molecule has 1 fully saturated rings. The van der Waals surface area contributed by atoms with Crippen molar-refractivity contribution in [1.29, 1.82) is 0 Å². The van der Waals surface area contributed by atoms with Gasteiger partial charge in [0.2, 0.25) is 0 Å². The Morgan fingerprint density at radius 1 is 1.19 bits per heavy atom. The monoisotopic (exact) mass is 218 g/mol. The van der Waals surface area contributed by atoms with E-state index in [2.05, 4.69) is 44.0 Å². The highest BCUT2D eigenvalue weighted by Gasteiger charge is 2.39. The number of nitrogens with zero attached hydrogens (tertiary/aromatic N) is 1. The summed E-state index contributed by atoms with van der Waals surface area (Å²) >= 11 is 0. The summed E-state index contributed by atoms with van der Waals surface area (Å²) in [4.78, 5) is 2.39. The predicted molar refractivity (Wildman–Crippen MR) is 70.0 cm³/mol. The number of hydrogen-bond acceptors (Lipinski definition) is 2. The molecule has 2 rings (SSSR count). The van der Waals surface area contributed by atoms with Gasteiger partial charge in [0.05, 0.1) is 5.54 Å². The van der Waals surface area contributed by atoms with Crippen molar-refractivity contribution in [3.63, 3.8) is 0 Å². The number of hydrogen-bond donors (Lipinski definition) is 1. The molecular formula is C14H22N2. The lowest BCUT2D eigenvalue weighted by Crippen LogP contribution is -2.57. The fourth-order valence-corrected chi connectivity index (χ4v) is 2.68. The average molecular weight is 218 g/mol. The van der Waals surface area contributed by atoms with E-state index >= 15 is 0 Å². The molecule has 0 radical (unpaired) electrons. The zero-order valence-corrected chi connectivity index (χ0v) is 10.6. The van der Waals surface area contributed by atoms with Crippen LogP contribution in [0, 0.1) is 13.8 Å². The molecule has 1 aromatic carbocycles. The number of aryl methyl sites for hydroxylation is 2. The molecule has 0 spiro atoms. The fraction of sp³-hybridized carbons (Fsp3) is 0.571. The van der Waals surface area contributed by atoms with Crippen molar-refractivity contribution in [2.45, 2.75) is 38.6 Å². The highest BCUT2D eigenvalue weighted by molar-refractivity contribution is 5.53. The summed E-state index contributed by atoms with van der Waals surface area (Å²) in [6, 6.07) is 6.72. The van der Waals surface area contributed by atoms with Crippen LogP contribution in [0.3, 0.4) is 0 Å². The second-order valence-electron chi connectivity index (χ2n) is 5.19. The van der Waals surface area contributed by atoms with E-state index < -0.39 is 0 Å². The molecule has 16 heavy (non-hydrogen) atoms. The Bertz CT molecular complexity index is 355. The van der Waals surface area contributed by atoms with E-state index in [9.17, 15) is 0 Å². The van der Waals surface area contributed by atoms with Gasteiger partial charge in [0, 0.05) is 19.3 Å². The van der Waals surface area contributed by atoms with Crippen LogP contribution in [0.5, 0.6) is 0 Å². The van der Waals surface area contributed by atoms with Gasteiger partial charge >= 0.3 is 0 Å². The third kappa shape index (κ3) is 1.82. The average Bonchev–Trinajstić information content (AvgIpc) is 2.15.